The lowest BCUT2D eigenvalue weighted by atomic mass is 9.96. The minimum Gasteiger partial charge on any atom is -0.473 e. The molecule has 3 aromatic carbocycles. The lowest BCUT2D eigenvalue weighted by Crippen LogP contribution is -2.33. The smallest absolute Gasteiger partial charge is 0.255 e. The van der Waals surface area contributed by atoms with Crippen LogP contribution in [0.3, 0.4) is 0 Å². The average molecular weight is 719 g/mol. The number of imidazole rings is 1. The number of rotatable bonds is 10. The van der Waals surface area contributed by atoms with Gasteiger partial charge in [0, 0.05) is 53.3 Å². The summed E-state index contributed by atoms with van der Waals surface area (Å²) in [6, 6.07) is 21.5. The first-order valence-electron chi connectivity index (χ1n) is 17.6. The summed E-state index contributed by atoms with van der Waals surface area (Å²) in [5.74, 6) is 0.779. The van der Waals surface area contributed by atoms with Gasteiger partial charge < -0.3 is 24.7 Å². The second kappa shape index (κ2) is 13.1. The highest BCUT2D eigenvalue weighted by Crippen LogP contribution is 2.55. The Morgan fingerprint density at radius 3 is 2.75 bits per heavy atom. The van der Waals surface area contributed by atoms with Crippen molar-refractivity contribution in [1.82, 2.24) is 19.4 Å². The summed E-state index contributed by atoms with van der Waals surface area (Å²) >= 11 is 5.88. The molecule has 2 fully saturated rings. The molecule has 9 rings (SSSR count). The molecule has 3 aliphatic heterocycles. The summed E-state index contributed by atoms with van der Waals surface area (Å²) in [5, 5.41) is 6.34. The van der Waals surface area contributed by atoms with Crippen molar-refractivity contribution in [1.29, 1.82) is 0 Å². The Morgan fingerprint density at radius 1 is 1.10 bits per heavy atom. The zero-order valence-electron chi connectivity index (χ0n) is 28.3. The molecule has 1 atom stereocenters. The van der Waals surface area contributed by atoms with Crippen LogP contribution in [0.15, 0.2) is 78.9 Å². The van der Waals surface area contributed by atoms with Gasteiger partial charge in [-0.25, -0.2) is 14.4 Å². The molecule has 52 heavy (non-hydrogen) atoms. The van der Waals surface area contributed by atoms with E-state index in [-0.39, 0.29) is 24.5 Å². The minimum atomic E-state index is -0.456. The third-order valence-corrected chi connectivity index (χ3v) is 10.8. The number of halogens is 2. The first-order chi connectivity index (χ1) is 25.3. The predicted molar refractivity (Wildman–Crippen MR) is 196 cm³/mol. The number of anilines is 2. The van der Waals surface area contributed by atoms with Gasteiger partial charge >= 0.3 is 0 Å². The van der Waals surface area contributed by atoms with E-state index in [1.807, 2.05) is 42.5 Å². The van der Waals surface area contributed by atoms with Crippen LogP contribution in [0.1, 0.15) is 58.7 Å². The fourth-order valence-corrected chi connectivity index (χ4v) is 7.50. The van der Waals surface area contributed by atoms with Crippen LogP contribution in [-0.2, 0) is 34.6 Å². The van der Waals surface area contributed by atoms with Gasteiger partial charge in [-0.05, 0) is 91.4 Å². The summed E-state index contributed by atoms with van der Waals surface area (Å²) in [6.07, 6.45) is 5.79. The second-order valence-electron chi connectivity index (χ2n) is 14.0. The molecule has 2 amide bonds. The quantitative estimate of drug-likeness (QED) is 0.158. The van der Waals surface area contributed by atoms with Crippen LogP contribution in [0.2, 0.25) is 5.02 Å². The lowest BCUT2D eigenvalue weighted by Gasteiger charge is -2.29. The molecule has 12 heteroatoms. The molecule has 10 nitrogen and oxygen atoms in total. The zero-order valence-corrected chi connectivity index (χ0v) is 29.1. The highest BCUT2D eigenvalue weighted by Gasteiger charge is 2.56. The Labute approximate surface area is 304 Å². The number of nitrogens with zero attached hydrogens (tertiary/aromatic N) is 4. The number of carbonyl (C=O) groups excluding carboxylic acids is 2. The Balaban J connectivity index is 0.890. The van der Waals surface area contributed by atoms with Crippen LogP contribution in [-0.4, -0.2) is 57.0 Å². The number of ether oxygens (including phenoxy) is 2. The summed E-state index contributed by atoms with van der Waals surface area (Å²) in [5.41, 5.74) is 6.64. The molecule has 2 N–H and O–H groups in total. The second-order valence-corrected chi connectivity index (χ2v) is 14.4. The number of hydrogen-bond acceptors (Lipinski definition) is 7. The fourth-order valence-electron chi connectivity index (χ4n) is 7.35. The van der Waals surface area contributed by atoms with Gasteiger partial charge in [0.1, 0.15) is 18.2 Å². The van der Waals surface area contributed by atoms with Crippen molar-refractivity contribution in [2.24, 2.45) is 0 Å². The van der Waals surface area contributed by atoms with Gasteiger partial charge in [0.15, 0.2) is 0 Å². The third kappa shape index (κ3) is 6.23. The Bertz CT molecular complexity index is 2280. The highest BCUT2D eigenvalue weighted by molar-refractivity contribution is 6.30. The molecule has 1 saturated carbocycles. The van der Waals surface area contributed by atoms with Crippen LogP contribution in [0, 0.1) is 5.82 Å². The topological polar surface area (TPSA) is 111 Å². The van der Waals surface area contributed by atoms with Crippen LogP contribution in [0.5, 0.6) is 5.88 Å². The van der Waals surface area contributed by atoms with E-state index in [4.69, 9.17) is 31.0 Å². The molecule has 5 heterocycles. The fraction of sp³-hybridized carbons (Fsp3) is 0.300. The van der Waals surface area contributed by atoms with Crippen molar-refractivity contribution in [2.45, 2.75) is 56.9 Å². The maximum atomic E-state index is 14.2. The molecule has 1 spiro atoms. The standard InChI is InChI=1S/C40H36ClFN6O4/c41-27-6-4-26(31(42)19-27)23-52-37-3-1-2-32(45-37)24-10-15-47(16-11-24)22-36-44-34-20-28(7-9-35(34)48(36)21-29-12-17-51-29)43-38(49)25-5-8-33-30(18-25)40(13-14-40)39(50)46-33/h1-10,18-20,29H,11-17,21-23H2,(H,43,49)(H,46,50)/t29-/m0/s1. The number of carbonyl (C=O) groups is 2. The van der Waals surface area contributed by atoms with Gasteiger partial charge in [-0.2, -0.15) is 0 Å². The van der Waals surface area contributed by atoms with Crippen LogP contribution >= 0.6 is 11.6 Å². The van der Waals surface area contributed by atoms with Crippen LogP contribution < -0.4 is 15.4 Å². The predicted octanol–water partition coefficient (Wildman–Crippen LogP) is 7.12. The monoisotopic (exact) mass is 718 g/mol. The Hall–Kier alpha value is -5.10. The molecule has 0 unspecified atom stereocenters. The molecule has 0 radical (unpaired) electrons. The molecule has 0 bridgehead atoms. The van der Waals surface area contributed by atoms with E-state index in [0.29, 0.717) is 40.8 Å². The first-order valence-corrected chi connectivity index (χ1v) is 18.0. The minimum absolute atomic E-state index is 0.0314. The van der Waals surface area contributed by atoms with Gasteiger partial charge in [-0.1, -0.05) is 29.8 Å². The van der Waals surface area contributed by atoms with E-state index < -0.39 is 11.2 Å². The zero-order chi connectivity index (χ0) is 35.4. The van der Waals surface area contributed by atoms with E-state index in [0.717, 1.165) is 84.8 Å². The third-order valence-electron chi connectivity index (χ3n) is 10.6. The molecule has 1 aliphatic carbocycles. The van der Waals surface area contributed by atoms with Gasteiger partial charge in [0.25, 0.3) is 5.91 Å². The number of amides is 2. The highest BCUT2D eigenvalue weighted by atomic mass is 35.5. The van der Waals surface area contributed by atoms with Gasteiger partial charge in [-0.15, -0.1) is 0 Å². The SMILES string of the molecule is O=C(Nc1ccc2c(c1)nc(CN1CC=C(c3cccc(OCc4ccc(Cl)cc4F)n3)CC1)n2C[C@@H]1CCO1)c1ccc2c(c1)C1(CC1)C(=O)N2. The van der Waals surface area contributed by atoms with Gasteiger partial charge in [-0.3, -0.25) is 14.5 Å². The van der Waals surface area contributed by atoms with Crippen LogP contribution in [0.4, 0.5) is 15.8 Å². The molecule has 5 aromatic rings. The number of hydrogen-bond donors (Lipinski definition) is 2. The number of benzene rings is 3. The maximum absolute atomic E-state index is 14.2. The van der Waals surface area contributed by atoms with Crippen molar-refractivity contribution in [3.05, 3.63) is 118 Å². The molecule has 2 aromatic heterocycles. The molecule has 4 aliphatic rings. The van der Waals surface area contributed by atoms with Crippen molar-refractivity contribution < 1.29 is 23.5 Å². The normalized spacial score (nSPS) is 18.8. The first kappa shape index (κ1) is 32.8. The summed E-state index contributed by atoms with van der Waals surface area (Å²) in [4.78, 5) is 37.9. The Morgan fingerprint density at radius 2 is 1.98 bits per heavy atom. The largest absolute Gasteiger partial charge is 0.473 e. The maximum Gasteiger partial charge on any atom is 0.255 e. The Kier molecular flexibility index (Phi) is 8.29. The molecule has 264 valence electrons. The lowest BCUT2D eigenvalue weighted by molar-refractivity contribution is -0.117. The number of nitrogens with one attached hydrogen (secondary N) is 2. The number of fused-ring (bicyclic) bond motifs is 3. The van der Waals surface area contributed by atoms with E-state index >= 15 is 0 Å². The summed E-state index contributed by atoms with van der Waals surface area (Å²) in [7, 11) is 0. The van der Waals surface area contributed by atoms with E-state index in [1.54, 1.807) is 24.3 Å². The molecular formula is C40H36ClFN6O4. The summed E-state index contributed by atoms with van der Waals surface area (Å²) < 4.78 is 28.1. The average Bonchev–Trinajstić information content (AvgIpc) is 3.80. The van der Waals surface area contributed by atoms with E-state index in [9.17, 15) is 14.0 Å². The van der Waals surface area contributed by atoms with E-state index in [2.05, 4.69) is 26.2 Å². The summed E-state index contributed by atoms with van der Waals surface area (Å²) in [6.45, 7) is 3.75. The van der Waals surface area contributed by atoms with E-state index in [1.165, 1.54) is 6.07 Å². The van der Waals surface area contributed by atoms with Crippen molar-refractivity contribution in [2.75, 3.05) is 30.3 Å². The van der Waals surface area contributed by atoms with Crippen molar-refractivity contribution in [3.63, 3.8) is 0 Å². The molecule has 1 saturated heterocycles. The molecular weight excluding hydrogens is 683 g/mol. The number of aromatic nitrogens is 3. The number of pyridine rings is 1. The van der Waals surface area contributed by atoms with Crippen molar-refractivity contribution in [3.8, 4) is 5.88 Å². The van der Waals surface area contributed by atoms with Gasteiger partial charge in [0.05, 0.1) is 41.3 Å². The van der Waals surface area contributed by atoms with Crippen molar-refractivity contribution >= 4 is 51.4 Å². The van der Waals surface area contributed by atoms with Gasteiger partial charge in [0.2, 0.25) is 11.8 Å². The van der Waals surface area contributed by atoms with Crippen LogP contribution in [0.25, 0.3) is 16.6 Å².